The van der Waals surface area contributed by atoms with Crippen molar-refractivity contribution in [3.05, 3.63) is 114 Å². The number of allylic oxidation sites excluding steroid dienone is 1. The maximum absolute atomic E-state index is 13.3. The number of para-hydroxylation sites is 1. The van der Waals surface area contributed by atoms with Crippen molar-refractivity contribution in [1.29, 1.82) is 0 Å². The molecule has 0 saturated heterocycles. The number of pyridine rings is 1. The number of nitrogens with one attached hydrogen (secondary N) is 1. The fourth-order valence-corrected chi connectivity index (χ4v) is 4.56. The van der Waals surface area contributed by atoms with E-state index in [1.807, 2.05) is 77.4 Å². The van der Waals surface area contributed by atoms with Crippen LogP contribution in [0.3, 0.4) is 0 Å². The van der Waals surface area contributed by atoms with Gasteiger partial charge in [-0.05, 0) is 29.1 Å². The molecule has 1 aliphatic heterocycles. The van der Waals surface area contributed by atoms with Crippen LogP contribution in [0.15, 0.2) is 102 Å². The van der Waals surface area contributed by atoms with Gasteiger partial charge in [-0.25, -0.2) is 4.98 Å². The Bertz CT molecular complexity index is 1720. The molecular weight excluding hydrogens is 462 g/mol. The summed E-state index contributed by atoms with van der Waals surface area (Å²) in [7, 11) is 0. The van der Waals surface area contributed by atoms with Crippen LogP contribution in [0.25, 0.3) is 21.8 Å². The van der Waals surface area contributed by atoms with Gasteiger partial charge in [0.2, 0.25) is 5.95 Å². The van der Waals surface area contributed by atoms with Crippen LogP contribution in [-0.4, -0.2) is 31.9 Å². The van der Waals surface area contributed by atoms with Crippen LogP contribution < -0.4 is 5.32 Å². The number of aliphatic imine (C=N–C) groups is 1. The summed E-state index contributed by atoms with van der Waals surface area (Å²) in [4.78, 5) is 39.9. The molecule has 3 heterocycles. The molecule has 1 aliphatic rings. The van der Waals surface area contributed by atoms with Crippen LogP contribution in [0.1, 0.15) is 39.3 Å². The third-order valence-corrected chi connectivity index (χ3v) is 6.43. The van der Waals surface area contributed by atoms with Gasteiger partial charge in [-0.3, -0.25) is 24.9 Å². The highest BCUT2D eigenvalue weighted by Gasteiger charge is 2.21. The molecule has 0 fully saturated rings. The number of aromatic nitrogens is 3. The largest absolute Gasteiger partial charge is 0.305 e. The van der Waals surface area contributed by atoms with E-state index in [-0.39, 0.29) is 18.1 Å². The van der Waals surface area contributed by atoms with Crippen molar-refractivity contribution in [3.8, 4) is 0 Å². The highest BCUT2D eigenvalue weighted by atomic mass is 16.2. The van der Waals surface area contributed by atoms with E-state index in [0.29, 0.717) is 35.7 Å². The van der Waals surface area contributed by atoms with Crippen LogP contribution in [0, 0.1) is 0 Å². The summed E-state index contributed by atoms with van der Waals surface area (Å²) in [5.74, 6) is -0.0555. The van der Waals surface area contributed by atoms with Gasteiger partial charge >= 0.3 is 0 Å². The number of nitrogens with zero attached hydrogens (tertiary/aromatic N) is 4. The molecule has 0 radical (unpaired) electrons. The quantitative estimate of drug-likeness (QED) is 0.294. The first kappa shape index (κ1) is 22.5. The molecule has 0 bridgehead atoms. The van der Waals surface area contributed by atoms with Gasteiger partial charge in [0.1, 0.15) is 11.2 Å². The number of amides is 1. The molecule has 0 unspecified atom stereocenters. The Morgan fingerprint density at radius 3 is 2.54 bits per heavy atom. The Morgan fingerprint density at radius 1 is 0.919 bits per heavy atom. The van der Waals surface area contributed by atoms with E-state index >= 15 is 0 Å². The summed E-state index contributed by atoms with van der Waals surface area (Å²) < 4.78 is 1.93. The van der Waals surface area contributed by atoms with Gasteiger partial charge in [0, 0.05) is 41.9 Å². The zero-order valence-corrected chi connectivity index (χ0v) is 20.0. The lowest BCUT2D eigenvalue weighted by atomic mass is 10.0. The number of anilines is 1. The average molecular weight is 486 g/mol. The summed E-state index contributed by atoms with van der Waals surface area (Å²) in [5, 5.41) is 4.83. The predicted molar refractivity (Wildman–Crippen MR) is 145 cm³/mol. The Balaban J connectivity index is 1.39. The third-order valence-electron chi connectivity index (χ3n) is 6.43. The van der Waals surface area contributed by atoms with Gasteiger partial charge in [0.05, 0.1) is 12.1 Å². The second kappa shape index (κ2) is 9.62. The van der Waals surface area contributed by atoms with Gasteiger partial charge < -0.3 is 4.57 Å². The topological polar surface area (TPSA) is 89.2 Å². The highest BCUT2D eigenvalue weighted by molar-refractivity contribution is 6.15. The predicted octanol–water partition coefficient (Wildman–Crippen LogP) is 5.82. The van der Waals surface area contributed by atoms with E-state index in [1.165, 1.54) is 0 Å². The van der Waals surface area contributed by atoms with Gasteiger partial charge in [0.15, 0.2) is 5.78 Å². The van der Waals surface area contributed by atoms with E-state index < -0.39 is 0 Å². The summed E-state index contributed by atoms with van der Waals surface area (Å²) in [6.07, 6.45) is 6.28. The lowest BCUT2D eigenvalue weighted by Gasteiger charge is -2.11. The Hall–Kier alpha value is -4.91. The molecule has 1 amide bonds. The van der Waals surface area contributed by atoms with Crippen LogP contribution >= 0.6 is 0 Å². The molecule has 0 atom stereocenters. The number of hydrogen-bond acceptors (Lipinski definition) is 5. The summed E-state index contributed by atoms with van der Waals surface area (Å²) in [6.45, 7) is 0.479. The number of Topliss-reactive ketones (excluding diaryl/α,β-unsaturated/α-hetero) is 1. The molecule has 0 aliphatic carbocycles. The van der Waals surface area contributed by atoms with E-state index in [2.05, 4.69) is 15.3 Å². The van der Waals surface area contributed by atoms with Gasteiger partial charge in [-0.1, -0.05) is 66.7 Å². The molecule has 7 heteroatoms. The zero-order chi connectivity index (χ0) is 25.2. The number of carbonyl (C=O) groups excluding carboxylic acids is 2. The van der Waals surface area contributed by atoms with Crippen molar-refractivity contribution in [2.45, 2.75) is 19.4 Å². The SMILES string of the molecule is O=C(Nc1nc2c(C(=O)CC3=NC=CC3)cccc2n1Cc1ccccc1)c1cc2ccccc2cn1. The van der Waals surface area contributed by atoms with E-state index in [4.69, 9.17) is 4.98 Å². The fourth-order valence-electron chi connectivity index (χ4n) is 4.56. The molecular formula is C30H23N5O2. The van der Waals surface area contributed by atoms with Crippen LogP contribution in [0.2, 0.25) is 0 Å². The van der Waals surface area contributed by atoms with Crippen molar-refractivity contribution in [2.75, 3.05) is 5.32 Å². The van der Waals surface area contributed by atoms with Gasteiger partial charge in [-0.2, -0.15) is 0 Å². The first-order valence-corrected chi connectivity index (χ1v) is 12.1. The number of imidazole rings is 1. The Morgan fingerprint density at radius 2 is 1.73 bits per heavy atom. The van der Waals surface area contributed by atoms with Crippen LogP contribution in [-0.2, 0) is 6.54 Å². The number of carbonyl (C=O) groups is 2. The molecule has 37 heavy (non-hydrogen) atoms. The molecule has 3 aromatic carbocycles. The summed E-state index contributed by atoms with van der Waals surface area (Å²) >= 11 is 0. The third kappa shape index (κ3) is 4.54. The number of hydrogen-bond donors (Lipinski definition) is 1. The number of rotatable bonds is 7. The minimum Gasteiger partial charge on any atom is -0.305 e. The van der Waals surface area contributed by atoms with Crippen LogP contribution in [0.4, 0.5) is 5.95 Å². The Kier molecular flexibility index (Phi) is 5.86. The molecule has 2 aromatic heterocycles. The molecule has 180 valence electrons. The molecule has 7 nitrogen and oxygen atoms in total. The van der Waals surface area contributed by atoms with E-state index in [9.17, 15) is 9.59 Å². The van der Waals surface area contributed by atoms with Crippen molar-refractivity contribution >= 4 is 45.2 Å². The van der Waals surface area contributed by atoms with Crippen molar-refractivity contribution in [1.82, 2.24) is 14.5 Å². The first-order chi connectivity index (χ1) is 18.2. The minimum atomic E-state index is -0.366. The van der Waals surface area contributed by atoms with Gasteiger partial charge in [-0.15, -0.1) is 0 Å². The monoisotopic (exact) mass is 485 g/mol. The normalized spacial score (nSPS) is 12.7. The maximum atomic E-state index is 13.3. The highest BCUT2D eigenvalue weighted by Crippen LogP contribution is 2.26. The van der Waals surface area contributed by atoms with E-state index in [1.54, 1.807) is 24.5 Å². The van der Waals surface area contributed by atoms with Crippen LogP contribution in [0.5, 0.6) is 0 Å². The summed E-state index contributed by atoms with van der Waals surface area (Å²) in [6, 6.07) is 25.0. The molecule has 1 N–H and O–H groups in total. The average Bonchev–Trinajstić information content (AvgIpc) is 3.56. The second-order valence-corrected chi connectivity index (χ2v) is 8.94. The molecule has 0 saturated carbocycles. The zero-order valence-electron chi connectivity index (χ0n) is 20.0. The van der Waals surface area contributed by atoms with Crippen molar-refractivity contribution in [3.63, 3.8) is 0 Å². The number of ketones is 1. The first-order valence-electron chi connectivity index (χ1n) is 12.1. The Labute approximate surface area is 213 Å². The standard InChI is InChI=1S/C30H23N5O2/c36-27(17-23-12-7-15-31-23)24-13-6-14-26-28(24)33-30(35(26)19-20-8-2-1-3-9-20)34-29(37)25-16-21-10-4-5-11-22(21)18-32-25/h1-11,13-16,18H,12,17,19H2,(H,33,34,37). The number of fused-ring (bicyclic) bond motifs is 2. The second-order valence-electron chi connectivity index (χ2n) is 8.94. The minimum absolute atomic E-state index is 0.0496. The lowest BCUT2D eigenvalue weighted by molar-refractivity contribution is 0.0998. The smallest absolute Gasteiger partial charge is 0.276 e. The molecule has 5 aromatic rings. The van der Waals surface area contributed by atoms with Crippen molar-refractivity contribution in [2.24, 2.45) is 4.99 Å². The van der Waals surface area contributed by atoms with Crippen molar-refractivity contribution < 1.29 is 9.59 Å². The van der Waals surface area contributed by atoms with Gasteiger partial charge in [0.25, 0.3) is 5.91 Å². The fraction of sp³-hybridized carbons (Fsp3) is 0.100. The lowest BCUT2D eigenvalue weighted by Crippen LogP contribution is -2.17. The molecule has 0 spiro atoms. The van der Waals surface area contributed by atoms with E-state index in [0.717, 1.165) is 27.6 Å². The maximum Gasteiger partial charge on any atom is 0.276 e. The number of benzene rings is 3. The summed E-state index contributed by atoms with van der Waals surface area (Å²) in [5.41, 5.74) is 4.00. The molecule has 6 rings (SSSR count).